The van der Waals surface area contributed by atoms with Gasteiger partial charge in [-0.2, -0.15) is 5.26 Å². The minimum absolute atomic E-state index is 0.343. The molecule has 1 nitrogen and oxygen atoms in total. The Morgan fingerprint density at radius 3 is 2.87 bits per heavy atom. The van der Waals surface area contributed by atoms with Crippen molar-refractivity contribution < 1.29 is 4.39 Å². The maximum atomic E-state index is 12.8. The number of benzene rings is 1. The first-order valence-corrected chi connectivity index (χ1v) is 6.09. The molecular weight excluding hydrogens is 209 g/mol. The van der Waals surface area contributed by atoms with Crippen LogP contribution < -0.4 is 0 Å². The average molecular weight is 223 g/mol. The second-order valence-corrected chi connectivity index (χ2v) is 4.44. The molecule has 0 heterocycles. The molecule has 0 saturated carbocycles. The van der Waals surface area contributed by atoms with Gasteiger partial charge in [0.15, 0.2) is 0 Å². The normalized spacial score (nSPS) is 9.93. The van der Waals surface area contributed by atoms with Crippen molar-refractivity contribution in [2.24, 2.45) is 0 Å². The van der Waals surface area contributed by atoms with Crippen molar-refractivity contribution in [1.82, 2.24) is 0 Å². The van der Waals surface area contributed by atoms with E-state index in [0.29, 0.717) is 5.56 Å². The summed E-state index contributed by atoms with van der Waals surface area (Å²) in [6, 6.07) is 6.40. The Hall–Kier alpha value is -1.01. The van der Waals surface area contributed by atoms with E-state index < -0.39 is 0 Å². The number of nitrogens with zero attached hydrogens (tertiary/aromatic N) is 1. The second-order valence-electron chi connectivity index (χ2n) is 3.31. The van der Waals surface area contributed by atoms with E-state index in [1.54, 1.807) is 17.8 Å². The highest BCUT2D eigenvalue weighted by Crippen LogP contribution is 2.24. The molecule has 0 aliphatic rings. The molecule has 1 aromatic carbocycles. The van der Waals surface area contributed by atoms with Gasteiger partial charge in [0, 0.05) is 4.90 Å². The van der Waals surface area contributed by atoms with Gasteiger partial charge in [-0.15, -0.1) is 11.8 Å². The molecule has 1 aromatic rings. The molecule has 0 atom stereocenters. The third kappa shape index (κ3) is 3.93. The molecule has 0 radical (unpaired) electrons. The van der Waals surface area contributed by atoms with Crippen LogP contribution in [0.3, 0.4) is 0 Å². The van der Waals surface area contributed by atoms with Crippen LogP contribution >= 0.6 is 11.8 Å². The Bertz CT molecular complexity index is 357. The smallest absolute Gasteiger partial charge is 0.124 e. The van der Waals surface area contributed by atoms with Crippen LogP contribution in [0.25, 0.3) is 0 Å². The predicted molar refractivity (Wildman–Crippen MR) is 61.4 cm³/mol. The molecule has 1 rings (SSSR count). The third-order valence-electron chi connectivity index (χ3n) is 2.07. The number of rotatable bonds is 5. The fraction of sp³-hybridized carbons (Fsp3) is 0.417. The largest absolute Gasteiger partial charge is 0.207 e. The van der Waals surface area contributed by atoms with Gasteiger partial charge in [0.05, 0.1) is 5.56 Å². The molecule has 0 unspecified atom stereocenters. The number of nitriles is 1. The number of unbranched alkanes of at least 4 members (excludes halogenated alkanes) is 2. The van der Waals surface area contributed by atoms with Gasteiger partial charge in [-0.1, -0.05) is 19.8 Å². The molecule has 0 amide bonds. The maximum Gasteiger partial charge on any atom is 0.124 e. The molecule has 0 spiro atoms. The van der Waals surface area contributed by atoms with Crippen molar-refractivity contribution in [3.63, 3.8) is 0 Å². The number of thioether (sulfide) groups is 1. The molecule has 0 fully saturated rings. The Kier molecular flexibility index (Phi) is 5.20. The summed E-state index contributed by atoms with van der Waals surface area (Å²) in [6.45, 7) is 2.16. The van der Waals surface area contributed by atoms with E-state index in [9.17, 15) is 4.39 Å². The van der Waals surface area contributed by atoms with Crippen molar-refractivity contribution >= 4 is 11.8 Å². The summed E-state index contributed by atoms with van der Waals surface area (Å²) in [5.41, 5.74) is 0.441. The van der Waals surface area contributed by atoms with Crippen LogP contribution in [0, 0.1) is 17.1 Å². The summed E-state index contributed by atoms with van der Waals surface area (Å²) < 4.78 is 12.8. The quantitative estimate of drug-likeness (QED) is 0.557. The van der Waals surface area contributed by atoms with Crippen molar-refractivity contribution in [1.29, 1.82) is 5.26 Å². The van der Waals surface area contributed by atoms with E-state index in [4.69, 9.17) is 5.26 Å². The fourth-order valence-electron chi connectivity index (χ4n) is 1.25. The van der Waals surface area contributed by atoms with E-state index in [0.717, 1.165) is 17.1 Å². The average Bonchev–Trinajstić information content (AvgIpc) is 2.26. The summed E-state index contributed by atoms with van der Waals surface area (Å²) in [7, 11) is 0. The van der Waals surface area contributed by atoms with Crippen LogP contribution in [-0.2, 0) is 0 Å². The van der Waals surface area contributed by atoms with Crippen LogP contribution in [-0.4, -0.2) is 5.75 Å². The van der Waals surface area contributed by atoms with E-state index in [-0.39, 0.29) is 5.82 Å². The van der Waals surface area contributed by atoms with Crippen LogP contribution in [0.2, 0.25) is 0 Å². The zero-order valence-corrected chi connectivity index (χ0v) is 9.61. The fourth-order valence-corrected chi connectivity index (χ4v) is 2.24. The Balaban J connectivity index is 2.57. The first kappa shape index (κ1) is 12.1. The van der Waals surface area contributed by atoms with E-state index in [1.165, 1.54) is 25.0 Å². The first-order chi connectivity index (χ1) is 7.27. The molecule has 0 saturated heterocycles. The lowest BCUT2D eigenvalue weighted by Gasteiger charge is -2.03. The van der Waals surface area contributed by atoms with Gasteiger partial charge >= 0.3 is 0 Å². The van der Waals surface area contributed by atoms with Crippen molar-refractivity contribution in [3.8, 4) is 6.07 Å². The lowest BCUT2D eigenvalue weighted by Crippen LogP contribution is -1.86. The number of halogens is 1. The number of hydrogen-bond donors (Lipinski definition) is 0. The molecule has 0 aliphatic carbocycles. The summed E-state index contributed by atoms with van der Waals surface area (Å²) in [5, 5.41) is 8.82. The van der Waals surface area contributed by atoms with Crippen LogP contribution in [0.1, 0.15) is 31.7 Å². The van der Waals surface area contributed by atoms with Gasteiger partial charge in [0.25, 0.3) is 0 Å². The van der Waals surface area contributed by atoms with Gasteiger partial charge in [0.2, 0.25) is 0 Å². The van der Waals surface area contributed by atoms with Gasteiger partial charge in [-0.3, -0.25) is 0 Å². The Morgan fingerprint density at radius 1 is 1.40 bits per heavy atom. The summed E-state index contributed by atoms with van der Waals surface area (Å²) in [5.74, 6) is 0.651. The summed E-state index contributed by atoms with van der Waals surface area (Å²) in [6.07, 6.45) is 3.54. The summed E-state index contributed by atoms with van der Waals surface area (Å²) >= 11 is 1.63. The molecule has 0 bridgehead atoms. The monoisotopic (exact) mass is 223 g/mol. The minimum atomic E-state index is -0.343. The van der Waals surface area contributed by atoms with E-state index in [2.05, 4.69) is 6.92 Å². The molecular formula is C12H14FNS. The van der Waals surface area contributed by atoms with Crippen LogP contribution in [0.15, 0.2) is 23.1 Å². The summed E-state index contributed by atoms with van der Waals surface area (Å²) in [4.78, 5) is 0.884. The molecule has 0 N–H and O–H groups in total. The van der Waals surface area contributed by atoms with Crippen molar-refractivity contribution in [3.05, 3.63) is 29.6 Å². The minimum Gasteiger partial charge on any atom is -0.207 e. The standard InChI is InChI=1S/C12H14FNS/c1-2-3-4-7-15-12-6-5-11(13)8-10(12)9-14/h5-6,8H,2-4,7H2,1H3. The van der Waals surface area contributed by atoms with E-state index >= 15 is 0 Å². The molecule has 0 aromatic heterocycles. The Morgan fingerprint density at radius 2 is 2.20 bits per heavy atom. The lowest BCUT2D eigenvalue weighted by atomic mass is 10.2. The maximum absolute atomic E-state index is 12.8. The van der Waals surface area contributed by atoms with Gasteiger partial charge in [-0.25, -0.2) is 4.39 Å². The van der Waals surface area contributed by atoms with E-state index in [1.807, 2.05) is 6.07 Å². The highest BCUT2D eigenvalue weighted by molar-refractivity contribution is 7.99. The van der Waals surface area contributed by atoms with Gasteiger partial charge in [0.1, 0.15) is 11.9 Å². The Labute approximate surface area is 94.3 Å². The molecule has 15 heavy (non-hydrogen) atoms. The van der Waals surface area contributed by atoms with Crippen molar-refractivity contribution in [2.45, 2.75) is 31.1 Å². The molecule has 80 valence electrons. The predicted octanol–water partition coefficient (Wildman–Crippen LogP) is 3.98. The first-order valence-electron chi connectivity index (χ1n) is 5.10. The molecule has 0 aliphatic heterocycles. The zero-order valence-electron chi connectivity index (χ0n) is 8.79. The highest BCUT2D eigenvalue weighted by Gasteiger charge is 2.03. The van der Waals surface area contributed by atoms with Crippen LogP contribution in [0.4, 0.5) is 4.39 Å². The topological polar surface area (TPSA) is 23.8 Å². The van der Waals surface area contributed by atoms with Gasteiger partial charge in [-0.05, 0) is 30.4 Å². The van der Waals surface area contributed by atoms with Crippen molar-refractivity contribution in [2.75, 3.05) is 5.75 Å². The second kappa shape index (κ2) is 6.47. The molecule has 3 heteroatoms. The third-order valence-corrected chi connectivity index (χ3v) is 3.23. The lowest BCUT2D eigenvalue weighted by molar-refractivity contribution is 0.626. The highest BCUT2D eigenvalue weighted by atomic mass is 32.2. The zero-order chi connectivity index (χ0) is 11.1. The van der Waals surface area contributed by atoms with Gasteiger partial charge < -0.3 is 0 Å². The SMILES string of the molecule is CCCCCSc1ccc(F)cc1C#N. The van der Waals surface area contributed by atoms with Crippen LogP contribution in [0.5, 0.6) is 0 Å². The number of hydrogen-bond acceptors (Lipinski definition) is 2.